The first-order valence-corrected chi connectivity index (χ1v) is 8.75. The molecule has 3 rings (SSSR count). The summed E-state index contributed by atoms with van der Waals surface area (Å²) in [5, 5.41) is 12.5. The fraction of sp³-hybridized carbons (Fsp3) is 0.250. The lowest BCUT2D eigenvalue weighted by Crippen LogP contribution is -2.27. The van der Waals surface area contributed by atoms with E-state index in [9.17, 15) is 5.11 Å². The molecule has 0 radical (unpaired) electrons. The van der Waals surface area contributed by atoms with E-state index in [2.05, 4.69) is 55.2 Å². The maximum atomic E-state index is 9.28. The third kappa shape index (κ3) is 2.86. The Hall–Kier alpha value is -1.50. The van der Waals surface area contributed by atoms with Gasteiger partial charge in [0, 0.05) is 28.5 Å². The van der Waals surface area contributed by atoms with Crippen molar-refractivity contribution in [3.05, 3.63) is 40.4 Å². The van der Waals surface area contributed by atoms with E-state index in [0.717, 1.165) is 38.2 Å². The van der Waals surface area contributed by atoms with E-state index in [1.54, 1.807) is 17.7 Å². The highest BCUT2D eigenvalue weighted by Crippen LogP contribution is 2.38. The van der Waals surface area contributed by atoms with Gasteiger partial charge in [-0.15, -0.1) is 11.3 Å². The van der Waals surface area contributed by atoms with Crippen molar-refractivity contribution < 1.29 is 5.11 Å². The van der Waals surface area contributed by atoms with Crippen LogP contribution in [0.3, 0.4) is 0 Å². The first-order chi connectivity index (χ1) is 10.7. The second-order valence-corrected chi connectivity index (χ2v) is 6.61. The van der Waals surface area contributed by atoms with Crippen molar-refractivity contribution in [3.8, 4) is 11.1 Å². The molecule has 114 valence electrons. The first kappa shape index (κ1) is 15.4. The third-order valence-electron chi connectivity index (χ3n) is 3.56. The van der Waals surface area contributed by atoms with Gasteiger partial charge in [-0.05, 0) is 24.6 Å². The van der Waals surface area contributed by atoms with Crippen LogP contribution in [0.25, 0.3) is 21.3 Å². The zero-order valence-corrected chi connectivity index (χ0v) is 14.6. The number of rotatable bonds is 5. The Morgan fingerprint density at radius 2 is 2.00 bits per heavy atom. The SMILES string of the molecule is CCN(CCO)c1ncnc2scc(-c3ccc(Br)cc3)c12. The number of hydrogen-bond donors (Lipinski definition) is 1. The molecule has 6 heteroatoms. The zero-order chi connectivity index (χ0) is 15.5. The van der Waals surface area contributed by atoms with Crippen LogP contribution in [0.1, 0.15) is 6.92 Å². The molecular weight excluding hydrogens is 362 g/mol. The molecular formula is C16H16BrN3OS. The fourth-order valence-corrected chi connectivity index (χ4v) is 3.65. The second-order valence-electron chi connectivity index (χ2n) is 4.84. The van der Waals surface area contributed by atoms with Crippen molar-refractivity contribution in [1.82, 2.24) is 9.97 Å². The lowest BCUT2D eigenvalue weighted by Gasteiger charge is -2.21. The molecule has 0 unspecified atom stereocenters. The van der Waals surface area contributed by atoms with Gasteiger partial charge in [0.15, 0.2) is 0 Å². The second kappa shape index (κ2) is 6.73. The third-order valence-corrected chi connectivity index (χ3v) is 4.97. The average molecular weight is 378 g/mol. The van der Waals surface area contributed by atoms with Crippen LogP contribution >= 0.6 is 27.3 Å². The van der Waals surface area contributed by atoms with Crippen LogP contribution in [0.5, 0.6) is 0 Å². The summed E-state index contributed by atoms with van der Waals surface area (Å²) in [4.78, 5) is 11.9. The molecule has 1 aromatic carbocycles. The summed E-state index contributed by atoms with van der Waals surface area (Å²) in [6.07, 6.45) is 1.60. The topological polar surface area (TPSA) is 49.2 Å². The normalized spacial score (nSPS) is 11.0. The van der Waals surface area contributed by atoms with Crippen LogP contribution in [0.15, 0.2) is 40.4 Å². The summed E-state index contributed by atoms with van der Waals surface area (Å²) in [6.45, 7) is 3.53. The minimum atomic E-state index is 0.108. The molecule has 22 heavy (non-hydrogen) atoms. The maximum Gasteiger partial charge on any atom is 0.141 e. The van der Waals surface area contributed by atoms with Crippen molar-refractivity contribution >= 4 is 43.3 Å². The highest BCUT2D eigenvalue weighted by molar-refractivity contribution is 9.10. The van der Waals surface area contributed by atoms with Crippen molar-refractivity contribution in [2.45, 2.75) is 6.92 Å². The molecule has 0 amide bonds. The van der Waals surface area contributed by atoms with E-state index in [1.165, 1.54) is 0 Å². The number of aromatic nitrogens is 2. The quantitative estimate of drug-likeness (QED) is 0.731. The lowest BCUT2D eigenvalue weighted by molar-refractivity contribution is 0.302. The van der Waals surface area contributed by atoms with Gasteiger partial charge in [0.25, 0.3) is 0 Å². The monoisotopic (exact) mass is 377 g/mol. The molecule has 2 heterocycles. The predicted molar refractivity (Wildman–Crippen MR) is 95.5 cm³/mol. The predicted octanol–water partition coefficient (Wildman–Crippen LogP) is 3.94. The highest BCUT2D eigenvalue weighted by Gasteiger charge is 2.16. The molecule has 0 saturated carbocycles. The summed E-state index contributed by atoms with van der Waals surface area (Å²) in [5.41, 5.74) is 2.28. The Morgan fingerprint density at radius 3 is 2.68 bits per heavy atom. The van der Waals surface area contributed by atoms with Crippen LogP contribution in [0.2, 0.25) is 0 Å². The van der Waals surface area contributed by atoms with Crippen molar-refractivity contribution in [1.29, 1.82) is 0 Å². The number of nitrogens with zero attached hydrogens (tertiary/aromatic N) is 3. The summed E-state index contributed by atoms with van der Waals surface area (Å²) >= 11 is 5.09. The number of likely N-dealkylation sites (N-methyl/N-ethyl adjacent to an activating group) is 1. The summed E-state index contributed by atoms with van der Waals surface area (Å²) in [6, 6.07) is 8.25. The van der Waals surface area contributed by atoms with E-state index in [4.69, 9.17) is 0 Å². The molecule has 2 aromatic heterocycles. The Labute approximate surface area is 141 Å². The zero-order valence-electron chi connectivity index (χ0n) is 12.2. The van der Waals surface area contributed by atoms with Crippen molar-refractivity contribution in [3.63, 3.8) is 0 Å². The number of hydrogen-bond acceptors (Lipinski definition) is 5. The Kier molecular flexibility index (Phi) is 4.71. The van der Waals surface area contributed by atoms with Gasteiger partial charge in [0.05, 0.1) is 12.0 Å². The number of aliphatic hydroxyl groups excluding tert-OH is 1. The largest absolute Gasteiger partial charge is 0.395 e. The number of thiophene rings is 1. The minimum Gasteiger partial charge on any atom is -0.395 e. The Balaban J connectivity index is 2.18. The van der Waals surface area contributed by atoms with E-state index in [0.29, 0.717) is 6.54 Å². The number of halogens is 1. The van der Waals surface area contributed by atoms with Crippen molar-refractivity contribution in [2.75, 3.05) is 24.6 Å². The molecule has 0 bridgehead atoms. The van der Waals surface area contributed by atoms with Gasteiger partial charge in [-0.25, -0.2) is 9.97 Å². The van der Waals surface area contributed by atoms with Gasteiger partial charge in [0.2, 0.25) is 0 Å². The molecule has 0 atom stereocenters. The molecule has 0 aliphatic carbocycles. The summed E-state index contributed by atoms with van der Waals surface area (Å²) in [7, 11) is 0. The maximum absolute atomic E-state index is 9.28. The molecule has 0 aliphatic heterocycles. The molecule has 1 N–H and O–H groups in total. The van der Waals surface area contributed by atoms with Crippen LogP contribution in [-0.2, 0) is 0 Å². The van der Waals surface area contributed by atoms with Gasteiger partial charge in [-0.1, -0.05) is 28.1 Å². The standard InChI is InChI=1S/C16H16BrN3OS/c1-2-20(7-8-21)15-14-13(9-22-16(14)19-10-18-15)11-3-5-12(17)6-4-11/h3-6,9-10,21H,2,7-8H2,1H3. The average Bonchev–Trinajstić information content (AvgIpc) is 2.97. The first-order valence-electron chi connectivity index (χ1n) is 7.08. The Morgan fingerprint density at radius 1 is 1.23 bits per heavy atom. The molecule has 0 saturated heterocycles. The van der Waals surface area contributed by atoms with Crippen LogP contribution in [0.4, 0.5) is 5.82 Å². The van der Waals surface area contributed by atoms with Gasteiger partial charge in [0.1, 0.15) is 17.0 Å². The minimum absolute atomic E-state index is 0.108. The van der Waals surface area contributed by atoms with Gasteiger partial charge >= 0.3 is 0 Å². The summed E-state index contributed by atoms with van der Waals surface area (Å²) < 4.78 is 1.06. The number of aliphatic hydroxyl groups is 1. The van der Waals surface area contributed by atoms with Gasteiger partial charge in [-0.2, -0.15) is 0 Å². The van der Waals surface area contributed by atoms with E-state index in [1.807, 2.05) is 12.1 Å². The van der Waals surface area contributed by atoms with Crippen LogP contribution < -0.4 is 4.90 Å². The van der Waals surface area contributed by atoms with E-state index >= 15 is 0 Å². The number of fused-ring (bicyclic) bond motifs is 1. The fourth-order valence-electron chi connectivity index (χ4n) is 2.48. The van der Waals surface area contributed by atoms with E-state index < -0.39 is 0 Å². The number of benzene rings is 1. The Bertz CT molecular complexity index is 773. The lowest BCUT2D eigenvalue weighted by atomic mass is 10.1. The molecule has 3 aromatic rings. The van der Waals surface area contributed by atoms with Gasteiger partial charge in [-0.3, -0.25) is 0 Å². The van der Waals surface area contributed by atoms with Crippen LogP contribution in [0, 0.1) is 0 Å². The molecule has 0 aliphatic rings. The van der Waals surface area contributed by atoms with Crippen LogP contribution in [-0.4, -0.2) is 34.8 Å². The molecule has 0 spiro atoms. The van der Waals surface area contributed by atoms with Crippen molar-refractivity contribution in [2.24, 2.45) is 0 Å². The summed E-state index contributed by atoms with van der Waals surface area (Å²) in [5.74, 6) is 0.890. The van der Waals surface area contributed by atoms with Gasteiger partial charge < -0.3 is 10.0 Å². The molecule has 4 nitrogen and oxygen atoms in total. The van der Waals surface area contributed by atoms with E-state index in [-0.39, 0.29) is 6.61 Å². The number of anilines is 1. The smallest absolute Gasteiger partial charge is 0.141 e. The highest BCUT2D eigenvalue weighted by atomic mass is 79.9. The molecule has 0 fully saturated rings.